The number of nitrogens with two attached hydrogens (primary N) is 3. The molecule has 9 atom stereocenters. The van der Waals surface area contributed by atoms with E-state index in [0.717, 1.165) is 0 Å². The summed E-state index contributed by atoms with van der Waals surface area (Å²) >= 11 is 0. The van der Waals surface area contributed by atoms with Crippen molar-refractivity contribution in [2.45, 2.75) is 208 Å². The van der Waals surface area contributed by atoms with Gasteiger partial charge in [-0.05, 0) is 119 Å². The molecule has 0 rings (SSSR count). The first-order valence-corrected chi connectivity index (χ1v) is 26.0. The van der Waals surface area contributed by atoms with Gasteiger partial charge >= 0.3 is 5.97 Å². The second kappa shape index (κ2) is 35.3. The van der Waals surface area contributed by atoms with E-state index in [1.54, 1.807) is 13.8 Å². The molecule has 0 bridgehead atoms. The predicted molar refractivity (Wildman–Crippen MR) is 276 cm³/mol. The molecule has 0 radical (unpaired) electrons. The largest absolute Gasteiger partial charge is 0.480 e. The zero-order valence-electron chi connectivity index (χ0n) is 45.4. The highest BCUT2D eigenvalue weighted by Gasteiger charge is 2.36. The number of aliphatic hydroxyl groups excluding tert-OH is 1. The Bertz CT molecular complexity index is 1710. The lowest BCUT2D eigenvalue weighted by Crippen LogP contribution is -2.61. The van der Waals surface area contributed by atoms with Crippen LogP contribution in [0.25, 0.3) is 0 Å². The number of nitrogens with one attached hydrogen (secondary N) is 8. The molecule has 0 aliphatic heterocycles. The Morgan fingerprint density at radius 3 is 0.903 bits per heavy atom. The van der Waals surface area contributed by atoms with Gasteiger partial charge in [-0.15, -0.1) is 0 Å². The first kappa shape index (κ1) is 67.1. The second-order valence-electron chi connectivity index (χ2n) is 21.5. The van der Waals surface area contributed by atoms with Crippen LogP contribution in [0.3, 0.4) is 0 Å². The maximum absolute atomic E-state index is 14.3. The fraction of sp³-hybridized carbons (Fsp3) is 0.820. The summed E-state index contributed by atoms with van der Waals surface area (Å²) in [5.74, 6) is -7.70. The number of carboxylic acids is 1. The lowest BCUT2D eigenvalue weighted by molar-refractivity contribution is -0.144. The van der Waals surface area contributed by atoms with E-state index in [0.29, 0.717) is 38.6 Å². The predicted octanol–water partition coefficient (Wildman–Crippen LogP) is 0.413. The Balaban J connectivity index is 6.68. The summed E-state index contributed by atoms with van der Waals surface area (Å²) < 4.78 is 0. The van der Waals surface area contributed by atoms with Gasteiger partial charge in [0.05, 0.1) is 12.6 Å². The molecule has 0 unspecified atom stereocenters. The van der Waals surface area contributed by atoms with Gasteiger partial charge in [-0.3, -0.25) is 38.4 Å². The van der Waals surface area contributed by atoms with Gasteiger partial charge in [0, 0.05) is 0 Å². The molecule has 16 N–H and O–H groups in total. The van der Waals surface area contributed by atoms with Crippen LogP contribution < -0.4 is 59.7 Å². The number of amides is 8. The number of rotatable bonds is 37. The van der Waals surface area contributed by atoms with Gasteiger partial charge in [0.25, 0.3) is 0 Å². The lowest BCUT2D eigenvalue weighted by atomic mass is 9.98. The molecule has 0 aromatic heterocycles. The molecule has 0 saturated carbocycles. The van der Waals surface area contributed by atoms with E-state index in [2.05, 4.69) is 42.5 Å². The Labute approximate surface area is 428 Å². The molecule has 8 amide bonds. The quantitative estimate of drug-likeness (QED) is 0.0375. The average molecular weight is 1030 g/mol. The summed E-state index contributed by atoms with van der Waals surface area (Å²) in [6.07, 6.45) is 3.12. The van der Waals surface area contributed by atoms with Gasteiger partial charge in [-0.1, -0.05) is 83.1 Å². The number of aliphatic carboxylic acids is 1. The Morgan fingerprint density at radius 1 is 0.375 bits per heavy atom. The smallest absolute Gasteiger partial charge is 0.326 e. The summed E-state index contributed by atoms with van der Waals surface area (Å²) in [7, 11) is 0. The van der Waals surface area contributed by atoms with Crippen molar-refractivity contribution in [3.05, 3.63) is 0 Å². The molecular formula is C50H95N11O11. The Kier molecular flexibility index (Phi) is 32.8. The normalized spacial score (nSPS) is 15.4. The maximum atomic E-state index is 14.3. The highest BCUT2D eigenvalue weighted by Crippen LogP contribution is 2.15. The number of aliphatic hydroxyl groups is 1. The minimum atomic E-state index is -1.55. The monoisotopic (exact) mass is 1030 g/mol. The third-order valence-electron chi connectivity index (χ3n) is 11.6. The maximum Gasteiger partial charge on any atom is 0.326 e. The van der Waals surface area contributed by atoms with Crippen molar-refractivity contribution in [2.24, 2.45) is 52.7 Å². The van der Waals surface area contributed by atoms with Gasteiger partial charge < -0.3 is 69.9 Å². The standard InChI is InChI=1S/C50H95N11O11/c1-27(2)21-33(53)42(63)56-36(22-28(3)4)47(68)58-37(23-29(5)6)45(66)54-34(17-13-15-19-51)43(64)57-39(25-31(9)10)48(69)59-38(24-30(7)8)46(67)55-35(18-14-16-20-52)44(65)60-40(26-62)49(70)61-41(32(11)12)50(71)72/h27-41,62H,13-26,51-53H2,1-12H3,(H,54,66)(H,55,67)(H,56,63)(H,57,64)(H,58,68)(H,59,69)(H,60,65)(H,61,70)(H,71,72)/t33-,34-,35-,36-,37-,38-,39-,40-,41-/m0/s1. The van der Waals surface area contributed by atoms with Crippen LogP contribution in [0, 0.1) is 35.5 Å². The SMILES string of the molecule is CC(C)C[C@H](NC(=O)[C@H](CCCCN)NC(=O)[C@H](CC(C)C)NC(=O)[C@H](CC(C)C)NC(=O)[C@@H](N)CC(C)C)C(=O)N[C@@H](CC(C)C)C(=O)N[C@@H](CCCCN)C(=O)N[C@@H](CO)C(=O)N[C@H](C(=O)O)C(C)C. The van der Waals surface area contributed by atoms with Crippen molar-refractivity contribution in [3.63, 3.8) is 0 Å². The molecule has 0 saturated heterocycles. The van der Waals surface area contributed by atoms with Crippen LogP contribution in [-0.4, -0.2) is 138 Å². The van der Waals surface area contributed by atoms with Gasteiger partial charge in [-0.2, -0.15) is 0 Å². The van der Waals surface area contributed by atoms with Crippen molar-refractivity contribution >= 4 is 53.2 Å². The van der Waals surface area contributed by atoms with Crippen molar-refractivity contribution in [1.29, 1.82) is 0 Å². The second-order valence-corrected chi connectivity index (χ2v) is 21.5. The third-order valence-corrected chi connectivity index (χ3v) is 11.6. The molecule has 22 heteroatoms. The van der Waals surface area contributed by atoms with Crippen molar-refractivity contribution < 1.29 is 53.4 Å². The zero-order chi connectivity index (χ0) is 55.4. The zero-order valence-corrected chi connectivity index (χ0v) is 45.4. The highest BCUT2D eigenvalue weighted by molar-refractivity contribution is 5.98. The molecule has 0 aromatic carbocycles. The Hall–Kier alpha value is -4.93. The molecular weight excluding hydrogens is 931 g/mol. The number of carbonyl (C=O) groups is 9. The molecule has 0 heterocycles. The molecule has 0 aliphatic carbocycles. The fourth-order valence-electron chi connectivity index (χ4n) is 7.82. The van der Waals surface area contributed by atoms with Crippen LogP contribution in [0.1, 0.15) is 154 Å². The van der Waals surface area contributed by atoms with Gasteiger partial charge in [0.2, 0.25) is 47.3 Å². The fourth-order valence-corrected chi connectivity index (χ4v) is 7.82. The molecule has 0 fully saturated rings. The van der Waals surface area contributed by atoms with Crippen molar-refractivity contribution in [3.8, 4) is 0 Å². The topological polar surface area (TPSA) is 368 Å². The summed E-state index contributed by atoms with van der Waals surface area (Å²) in [6, 6.07) is -10.6. The summed E-state index contributed by atoms with van der Waals surface area (Å²) in [6.45, 7) is 21.6. The van der Waals surface area contributed by atoms with E-state index < -0.39 is 120 Å². The van der Waals surface area contributed by atoms with Crippen LogP contribution in [0.15, 0.2) is 0 Å². The Morgan fingerprint density at radius 2 is 0.639 bits per heavy atom. The number of carboxylic acid groups (broad SMARTS) is 1. The summed E-state index contributed by atoms with van der Waals surface area (Å²) in [5.41, 5.74) is 17.6. The van der Waals surface area contributed by atoms with E-state index in [4.69, 9.17) is 17.2 Å². The lowest BCUT2D eigenvalue weighted by Gasteiger charge is -2.29. The highest BCUT2D eigenvalue weighted by atomic mass is 16.4. The molecule has 0 spiro atoms. The van der Waals surface area contributed by atoms with Crippen LogP contribution in [0.2, 0.25) is 0 Å². The number of unbranched alkanes of at least 4 members (excludes halogenated alkanes) is 2. The van der Waals surface area contributed by atoms with E-state index in [1.807, 2.05) is 69.2 Å². The molecule has 416 valence electrons. The first-order chi connectivity index (χ1) is 33.6. The van der Waals surface area contributed by atoms with Crippen molar-refractivity contribution in [2.75, 3.05) is 19.7 Å². The summed E-state index contributed by atoms with van der Waals surface area (Å²) in [5, 5.41) is 40.9. The first-order valence-electron chi connectivity index (χ1n) is 26.0. The summed E-state index contributed by atoms with van der Waals surface area (Å²) in [4.78, 5) is 122. The van der Waals surface area contributed by atoms with Crippen molar-refractivity contribution in [1.82, 2.24) is 42.5 Å². The van der Waals surface area contributed by atoms with Gasteiger partial charge in [0.15, 0.2) is 0 Å². The minimum absolute atomic E-state index is 0.00448. The van der Waals surface area contributed by atoms with Crippen LogP contribution in [0.5, 0.6) is 0 Å². The number of hydrogen-bond donors (Lipinski definition) is 13. The van der Waals surface area contributed by atoms with Crippen LogP contribution in [0.4, 0.5) is 0 Å². The average Bonchev–Trinajstić information content (AvgIpc) is 3.26. The third kappa shape index (κ3) is 27.2. The van der Waals surface area contributed by atoms with E-state index in [-0.39, 0.29) is 74.7 Å². The molecule has 72 heavy (non-hydrogen) atoms. The molecule has 0 aliphatic rings. The van der Waals surface area contributed by atoms with E-state index in [9.17, 15) is 53.4 Å². The van der Waals surface area contributed by atoms with E-state index >= 15 is 0 Å². The number of carbonyl (C=O) groups excluding carboxylic acids is 8. The molecule has 22 nitrogen and oxygen atoms in total. The van der Waals surface area contributed by atoms with E-state index in [1.165, 1.54) is 0 Å². The van der Waals surface area contributed by atoms with Crippen LogP contribution in [-0.2, 0) is 43.2 Å². The number of hydrogen-bond acceptors (Lipinski definition) is 13. The van der Waals surface area contributed by atoms with Gasteiger partial charge in [0.1, 0.15) is 48.3 Å². The molecule has 0 aromatic rings. The minimum Gasteiger partial charge on any atom is -0.480 e. The van der Waals surface area contributed by atoms with Crippen LogP contribution >= 0.6 is 0 Å². The van der Waals surface area contributed by atoms with Gasteiger partial charge in [-0.25, -0.2) is 4.79 Å².